The Balaban J connectivity index is 1.85. The van der Waals surface area contributed by atoms with E-state index in [1.54, 1.807) is 9.88 Å². The van der Waals surface area contributed by atoms with E-state index in [0.29, 0.717) is 0 Å². The second-order valence-corrected chi connectivity index (χ2v) is 5.63. The van der Waals surface area contributed by atoms with Gasteiger partial charge in [-0.15, -0.1) is 0 Å². The molecule has 0 aliphatic carbocycles. The lowest BCUT2D eigenvalue weighted by molar-refractivity contribution is -0.145. The van der Waals surface area contributed by atoms with E-state index in [0.717, 1.165) is 12.1 Å². The van der Waals surface area contributed by atoms with Crippen LogP contribution >= 0.6 is 0 Å². The fourth-order valence-electron chi connectivity index (χ4n) is 2.68. The van der Waals surface area contributed by atoms with Gasteiger partial charge in [-0.3, -0.25) is 9.69 Å². The van der Waals surface area contributed by atoms with Gasteiger partial charge in [0.05, 0.1) is 11.3 Å². The third-order valence-electron chi connectivity index (χ3n) is 3.93. The summed E-state index contributed by atoms with van der Waals surface area (Å²) >= 11 is 0. The van der Waals surface area contributed by atoms with Crippen molar-refractivity contribution in [3.63, 3.8) is 0 Å². The van der Waals surface area contributed by atoms with Crippen LogP contribution in [-0.4, -0.2) is 21.4 Å². The highest BCUT2D eigenvalue weighted by atomic mass is 19.4. The number of nitrogens with one attached hydrogen (secondary N) is 1. The molecule has 0 spiro atoms. The number of aromatic nitrogens is 2. The van der Waals surface area contributed by atoms with Crippen LogP contribution in [0.5, 0.6) is 0 Å². The van der Waals surface area contributed by atoms with Gasteiger partial charge in [0, 0.05) is 31.6 Å². The second-order valence-electron chi connectivity index (χ2n) is 5.63. The molecular formula is C15H11F6N3O. The largest absolute Gasteiger partial charge is 0.449 e. The zero-order valence-electron chi connectivity index (χ0n) is 12.6. The van der Waals surface area contributed by atoms with E-state index in [2.05, 4.69) is 4.98 Å². The summed E-state index contributed by atoms with van der Waals surface area (Å²) in [5, 5.41) is 0. The molecule has 1 N–H and O–H groups in total. The number of alkyl halides is 3. The zero-order chi connectivity index (χ0) is 18.4. The van der Waals surface area contributed by atoms with Gasteiger partial charge in [-0.25, -0.2) is 18.2 Å². The summed E-state index contributed by atoms with van der Waals surface area (Å²) in [6.45, 7) is -0.00361. The molecule has 134 valence electrons. The molecule has 25 heavy (non-hydrogen) atoms. The third kappa shape index (κ3) is 3.39. The molecule has 1 aromatic heterocycles. The fraction of sp³-hybridized carbons (Fsp3) is 0.333. The van der Waals surface area contributed by atoms with Gasteiger partial charge in [-0.2, -0.15) is 13.2 Å². The van der Waals surface area contributed by atoms with Crippen LogP contribution in [0.2, 0.25) is 0 Å². The summed E-state index contributed by atoms with van der Waals surface area (Å²) in [5.41, 5.74) is -0.966. The normalized spacial score (nSPS) is 15.3. The van der Waals surface area contributed by atoms with E-state index < -0.39 is 35.0 Å². The highest BCUT2D eigenvalue weighted by Gasteiger charge is 2.36. The van der Waals surface area contributed by atoms with Crippen molar-refractivity contribution in [1.82, 2.24) is 14.9 Å². The standard InChI is InChI=1S/C15H11F6N3O/c16-9-2-1-7(11(17)12(9)18)5-24-4-3-10-8(6-24)13(25)23-14(22-10)15(19,20)21/h1-2H,3-6H2,(H,22,23,25). The molecule has 2 heterocycles. The number of halogens is 6. The van der Waals surface area contributed by atoms with E-state index >= 15 is 0 Å². The molecule has 4 nitrogen and oxygen atoms in total. The van der Waals surface area contributed by atoms with Gasteiger partial charge in [-0.1, -0.05) is 6.07 Å². The lowest BCUT2D eigenvalue weighted by Crippen LogP contribution is -2.36. The molecule has 0 saturated carbocycles. The molecule has 0 fully saturated rings. The predicted octanol–water partition coefficient (Wildman–Crippen LogP) is 2.76. The van der Waals surface area contributed by atoms with E-state index in [9.17, 15) is 31.1 Å². The highest BCUT2D eigenvalue weighted by molar-refractivity contribution is 5.24. The van der Waals surface area contributed by atoms with Gasteiger partial charge < -0.3 is 4.98 Å². The summed E-state index contributed by atoms with van der Waals surface area (Å²) in [4.78, 5) is 18.6. The smallest absolute Gasteiger partial charge is 0.303 e. The number of hydrogen-bond acceptors (Lipinski definition) is 3. The van der Waals surface area contributed by atoms with Crippen molar-refractivity contribution in [2.24, 2.45) is 0 Å². The number of aromatic amines is 1. The number of H-pyrrole nitrogens is 1. The first kappa shape index (κ1) is 17.5. The molecule has 3 rings (SSSR count). The Bertz CT molecular complexity index is 877. The van der Waals surface area contributed by atoms with Crippen molar-refractivity contribution in [3.8, 4) is 0 Å². The van der Waals surface area contributed by atoms with E-state index in [-0.39, 0.29) is 42.9 Å². The lowest BCUT2D eigenvalue weighted by Gasteiger charge is -2.28. The first-order valence-corrected chi connectivity index (χ1v) is 7.21. The Morgan fingerprint density at radius 3 is 2.56 bits per heavy atom. The van der Waals surface area contributed by atoms with Gasteiger partial charge >= 0.3 is 6.18 Å². The maximum Gasteiger partial charge on any atom is 0.449 e. The minimum absolute atomic E-state index is 0.0260. The van der Waals surface area contributed by atoms with E-state index in [4.69, 9.17) is 0 Å². The first-order valence-electron chi connectivity index (χ1n) is 7.21. The van der Waals surface area contributed by atoms with E-state index in [1.807, 2.05) is 0 Å². The minimum Gasteiger partial charge on any atom is -0.303 e. The molecule has 2 aromatic rings. The van der Waals surface area contributed by atoms with Crippen LogP contribution in [0.4, 0.5) is 26.3 Å². The van der Waals surface area contributed by atoms with Crippen molar-refractivity contribution >= 4 is 0 Å². The zero-order valence-corrected chi connectivity index (χ0v) is 12.6. The second kappa shape index (κ2) is 6.17. The molecule has 0 bridgehead atoms. The summed E-state index contributed by atoms with van der Waals surface area (Å²) in [7, 11) is 0. The van der Waals surface area contributed by atoms with Gasteiger partial charge in [0.2, 0.25) is 5.82 Å². The molecule has 10 heteroatoms. The summed E-state index contributed by atoms with van der Waals surface area (Å²) in [5.74, 6) is -5.60. The van der Waals surface area contributed by atoms with Crippen molar-refractivity contribution in [1.29, 1.82) is 0 Å². The minimum atomic E-state index is -4.76. The van der Waals surface area contributed by atoms with Crippen molar-refractivity contribution in [3.05, 3.63) is 62.6 Å². The Labute approximate surface area is 137 Å². The number of rotatable bonds is 2. The van der Waals surface area contributed by atoms with E-state index in [1.165, 1.54) is 0 Å². The number of nitrogens with zero attached hydrogens (tertiary/aromatic N) is 2. The van der Waals surface area contributed by atoms with Crippen molar-refractivity contribution in [2.45, 2.75) is 25.7 Å². The number of fused-ring (bicyclic) bond motifs is 1. The molecule has 1 aliphatic heterocycles. The molecule has 0 radical (unpaired) electrons. The van der Waals surface area contributed by atoms with Crippen LogP contribution in [0.1, 0.15) is 22.6 Å². The SMILES string of the molecule is O=c1[nH]c(C(F)(F)F)nc2c1CN(Cc1ccc(F)c(F)c1F)CC2. The summed E-state index contributed by atoms with van der Waals surface area (Å²) in [6, 6.07) is 1.87. The first-order chi connectivity index (χ1) is 11.7. The molecule has 0 atom stereocenters. The van der Waals surface area contributed by atoms with Gasteiger partial charge in [0.25, 0.3) is 5.56 Å². The third-order valence-corrected chi connectivity index (χ3v) is 3.93. The summed E-state index contributed by atoms with van der Waals surface area (Å²) < 4.78 is 77.9. The Morgan fingerprint density at radius 1 is 1.16 bits per heavy atom. The molecule has 0 unspecified atom stereocenters. The van der Waals surface area contributed by atoms with Crippen LogP contribution < -0.4 is 5.56 Å². The monoisotopic (exact) mass is 363 g/mol. The molecule has 0 saturated heterocycles. The Hall–Kier alpha value is -2.36. The number of hydrogen-bond donors (Lipinski definition) is 1. The maximum absolute atomic E-state index is 13.7. The Morgan fingerprint density at radius 2 is 1.88 bits per heavy atom. The van der Waals surface area contributed by atoms with Gasteiger partial charge in [-0.05, 0) is 6.07 Å². The molecule has 1 aliphatic rings. The van der Waals surface area contributed by atoms with Crippen molar-refractivity contribution < 1.29 is 26.3 Å². The van der Waals surface area contributed by atoms with Crippen LogP contribution in [0.3, 0.4) is 0 Å². The average Bonchev–Trinajstić information content (AvgIpc) is 2.55. The maximum atomic E-state index is 13.7. The topological polar surface area (TPSA) is 49.0 Å². The average molecular weight is 363 g/mol. The summed E-state index contributed by atoms with van der Waals surface area (Å²) in [6.07, 6.45) is -4.71. The molecule has 0 amide bonds. The van der Waals surface area contributed by atoms with Crippen LogP contribution in [0.25, 0.3) is 0 Å². The van der Waals surface area contributed by atoms with Crippen LogP contribution in [0.15, 0.2) is 16.9 Å². The fourth-order valence-corrected chi connectivity index (χ4v) is 2.68. The quantitative estimate of drug-likeness (QED) is 0.659. The van der Waals surface area contributed by atoms with Crippen LogP contribution in [-0.2, 0) is 25.7 Å². The highest BCUT2D eigenvalue weighted by Crippen LogP contribution is 2.27. The Kier molecular flexibility index (Phi) is 4.31. The van der Waals surface area contributed by atoms with Gasteiger partial charge in [0.1, 0.15) is 0 Å². The lowest BCUT2D eigenvalue weighted by atomic mass is 10.1. The number of benzene rings is 1. The predicted molar refractivity (Wildman–Crippen MR) is 74.0 cm³/mol. The molecule has 1 aromatic carbocycles. The van der Waals surface area contributed by atoms with Crippen LogP contribution in [0, 0.1) is 17.5 Å². The van der Waals surface area contributed by atoms with Gasteiger partial charge in [0.15, 0.2) is 17.5 Å². The van der Waals surface area contributed by atoms with Crippen molar-refractivity contribution in [2.75, 3.05) is 6.54 Å². The molecular weight excluding hydrogens is 352 g/mol.